The zero-order valence-electron chi connectivity index (χ0n) is 13.5. The van der Waals surface area contributed by atoms with Gasteiger partial charge >= 0.3 is 0 Å². The molecule has 1 fully saturated rings. The van der Waals surface area contributed by atoms with Crippen molar-refractivity contribution in [1.29, 1.82) is 0 Å². The summed E-state index contributed by atoms with van der Waals surface area (Å²) in [5.74, 6) is 1.52. The zero-order chi connectivity index (χ0) is 16.6. The maximum Gasteiger partial charge on any atom is 0.233 e. The molecule has 3 rings (SSSR count). The number of rotatable bonds is 6. The first-order chi connectivity index (χ1) is 11.8. The highest BCUT2D eigenvalue weighted by Crippen LogP contribution is 2.20. The van der Waals surface area contributed by atoms with Crippen molar-refractivity contribution in [3.05, 3.63) is 48.7 Å². The molecular formula is C18H21N3O2S. The highest BCUT2D eigenvalue weighted by Gasteiger charge is 2.24. The number of hydrogen-bond acceptors (Lipinski definition) is 5. The Balaban J connectivity index is 1.44. The number of aromatic nitrogens is 2. The second kappa shape index (κ2) is 8.68. The molecule has 0 N–H and O–H groups in total. The molecule has 1 aliphatic rings. The van der Waals surface area contributed by atoms with Crippen LogP contribution in [0.2, 0.25) is 0 Å². The van der Waals surface area contributed by atoms with Crippen LogP contribution in [0.4, 0.5) is 0 Å². The van der Waals surface area contributed by atoms with Crippen LogP contribution in [0, 0.1) is 0 Å². The third kappa shape index (κ3) is 4.96. The van der Waals surface area contributed by atoms with Crippen molar-refractivity contribution >= 4 is 17.7 Å². The highest BCUT2D eigenvalue weighted by molar-refractivity contribution is 7.99. The van der Waals surface area contributed by atoms with E-state index in [-0.39, 0.29) is 12.0 Å². The molecule has 5 nitrogen and oxygen atoms in total. The molecule has 24 heavy (non-hydrogen) atoms. The quantitative estimate of drug-likeness (QED) is 0.755. The topological polar surface area (TPSA) is 55.3 Å². The minimum atomic E-state index is 0.00109. The molecule has 0 bridgehead atoms. The van der Waals surface area contributed by atoms with Gasteiger partial charge in [0.2, 0.25) is 11.8 Å². The number of nitrogens with zero attached hydrogens (tertiary/aromatic N) is 3. The van der Waals surface area contributed by atoms with Crippen LogP contribution < -0.4 is 4.74 Å². The van der Waals surface area contributed by atoms with Gasteiger partial charge in [-0.25, -0.2) is 0 Å². The number of amides is 1. The number of piperidine rings is 1. The first-order valence-electron chi connectivity index (χ1n) is 8.21. The van der Waals surface area contributed by atoms with E-state index in [1.807, 2.05) is 23.1 Å². The molecule has 126 valence electrons. The van der Waals surface area contributed by atoms with Gasteiger partial charge in [0, 0.05) is 35.9 Å². The first-order valence-corrected chi connectivity index (χ1v) is 9.20. The lowest BCUT2D eigenvalue weighted by atomic mass is 10.1. The molecule has 0 saturated carbocycles. The Morgan fingerprint density at radius 2 is 2.12 bits per heavy atom. The van der Waals surface area contributed by atoms with E-state index in [9.17, 15) is 4.79 Å². The summed E-state index contributed by atoms with van der Waals surface area (Å²) in [6, 6.07) is 13.8. The molecule has 6 heteroatoms. The Morgan fingerprint density at radius 3 is 2.92 bits per heavy atom. The molecule has 1 aliphatic heterocycles. The van der Waals surface area contributed by atoms with Crippen LogP contribution in [-0.4, -0.2) is 46.0 Å². The zero-order valence-corrected chi connectivity index (χ0v) is 14.3. The number of likely N-dealkylation sites (tertiary alicyclic amines) is 1. The molecule has 1 amide bonds. The summed E-state index contributed by atoms with van der Waals surface area (Å²) in [5.41, 5.74) is 0. The Bertz CT molecular complexity index is 639. The number of carbonyl (C=O) groups is 1. The summed E-state index contributed by atoms with van der Waals surface area (Å²) in [4.78, 5) is 15.5. The van der Waals surface area contributed by atoms with Gasteiger partial charge in [-0.2, -0.15) is 5.10 Å². The highest BCUT2D eigenvalue weighted by atomic mass is 32.2. The second-order valence-corrected chi connectivity index (χ2v) is 6.86. The van der Waals surface area contributed by atoms with Gasteiger partial charge in [-0.05, 0) is 31.0 Å². The summed E-state index contributed by atoms with van der Waals surface area (Å²) in [5, 5.41) is 7.76. The maximum absolute atomic E-state index is 12.4. The second-order valence-electron chi connectivity index (χ2n) is 5.70. The van der Waals surface area contributed by atoms with Crippen molar-refractivity contribution in [2.45, 2.75) is 30.3 Å². The van der Waals surface area contributed by atoms with E-state index in [1.165, 1.54) is 4.90 Å². The molecule has 1 unspecified atom stereocenters. The molecular weight excluding hydrogens is 322 g/mol. The average Bonchev–Trinajstić information content (AvgIpc) is 2.64. The van der Waals surface area contributed by atoms with Crippen LogP contribution in [-0.2, 0) is 4.79 Å². The van der Waals surface area contributed by atoms with Crippen molar-refractivity contribution < 1.29 is 9.53 Å². The fraction of sp³-hybridized carbons (Fsp3) is 0.389. The SMILES string of the molecule is O=C(CCSc1ccccc1)N1CCCC(Oc2cccnn2)C1. The van der Waals surface area contributed by atoms with Gasteiger partial charge in [0.25, 0.3) is 0 Å². The van der Waals surface area contributed by atoms with E-state index < -0.39 is 0 Å². The van der Waals surface area contributed by atoms with Crippen molar-refractivity contribution in [2.75, 3.05) is 18.8 Å². The van der Waals surface area contributed by atoms with E-state index in [2.05, 4.69) is 22.3 Å². The Kier molecular flexibility index (Phi) is 6.07. The van der Waals surface area contributed by atoms with Crippen LogP contribution in [0.1, 0.15) is 19.3 Å². The minimum Gasteiger partial charge on any atom is -0.471 e. The molecule has 1 aromatic heterocycles. The summed E-state index contributed by atoms with van der Waals surface area (Å²) in [6.07, 6.45) is 4.08. The number of carbonyl (C=O) groups excluding carboxylic acids is 1. The van der Waals surface area contributed by atoms with Gasteiger partial charge in [-0.1, -0.05) is 18.2 Å². The largest absolute Gasteiger partial charge is 0.471 e. The van der Waals surface area contributed by atoms with E-state index in [0.717, 1.165) is 25.1 Å². The van der Waals surface area contributed by atoms with E-state index in [0.29, 0.717) is 18.8 Å². The van der Waals surface area contributed by atoms with Crippen LogP contribution >= 0.6 is 11.8 Å². The first kappa shape index (κ1) is 16.8. The molecule has 0 spiro atoms. The summed E-state index contributed by atoms with van der Waals surface area (Å²) < 4.78 is 5.84. The van der Waals surface area contributed by atoms with Gasteiger partial charge < -0.3 is 9.64 Å². The fourth-order valence-electron chi connectivity index (χ4n) is 2.71. The van der Waals surface area contributed by atoms with Gasteiger partial charge in [0.15, 0.2) is 0 Å². The van der Waals surface area contributed by atoms with Crippen molar-refractivity contribution in [3.63, 3.8) is 0 Å². The number of hydrogen-bond donors (Lipinski definition) is 0. The van der Waals surface area contributed by atoms with Gasteiger partial charge in [0.1, 0.15) is 6.10 Å². The number of benzene rings is 1. The summed E-state index contributed by atoms with van der Waals surface area (Å²) in [6.45, 7) is 1.45. The third-order valence-corrected chi connectivity index (χ3v) is 4.91. The molecule has 1 aromatic carbocycles. The Hall–Kier alpha value is -2.08. The van der Waals surface area contributed by atoms with E-state index >= 15 is 0 Å². The fourth-order valence-corrected chi connectivity index (χ4v) is 3.57. The van der Waals surface area contributed by atoms with E-state index in [4.69, 9.17) is 4.74 Å². The molecule has 2 aromatic rings. The van der Waals surface area contributed by atoms with Gasteiger partial charge in [0.05, 0.1) is 6.54 Å². The van der Waals surface area contributed by atoms with Crippen LogP contribution in [0.25, 0.3) is 0 Å². The normalized spacial score (nSPS) is 17.5. The molecule has 0 radical (unpaired) electrons. The number of thioether (sulfide) groups is 1. The van der Waals surface area contributed by atoms with Crippen LogP contribution in [0.15, 0.2) is 53.6 Å². The monoisotopic (exact) mass is 343 g/mol. The maximum atomic E-state index is 12.4. The molecule has 1 atom stereocenters. The third-order valence-electron chi connectivity index (χ3n) is 3.89. The summed E-state index contributed by atoms with van der Waals surface area (Å²) >= 11 is 1.72. The lowest BCUT2D eigenvalue weighted by Crippen LogP contribution is -2.44. The smallest absolute Gasteiger partial charge is 0.233 e. The van der Waals surface area contributed by atoms with Crippen LogP contribution in [0.5, 0.6) is 5.88 Å². The summed E-state index contributed by atoms with van der Waals surface area (Å²) in [7, 11) is 0. The molecule has 1 saturated heterocycles. The Morgan fingerprint density at radius 1 is 1.25 bits per heavy atom. The Labute approximate surface area is 146 Å². The molecule has 0 aliphatic carbocycles. The molecule has 2 heterocycles. The minimum absolute atomic E-state index is 0.00109. The van der Waals surface area contributed by atoms with Crippen molar-refractivity contribution in [3.8, 4) is 5.88 Å². The van der Waals surface area contributed by atoms with Crippen molar-refractivity contribution in [1.82, 2.24) is 15.1 Å². The predicted molar refractivity (Wildman–Crippen MR) is 94.0 cm³/mol. The lowest BCUT2D eigenvalue weighted by Gasteiger charge is -2.32. The van der Waals surface area contributed by atoms with Crippen molar-refractivity contribution in [2.24, 2.45) is 0 Å². The standard InChI is InChI=1S/C18H21N3O2S/c22-18(10-13-24-16-7-2-1-3-8-16)21-12-5-6-15(14-21)23-17-9-4-11-19-20-17/h1-4,7-9,11,15H,5-6,10,12-14H2. The lowest BCUT2D eigenvalue weighted by molar-refractivity contribution is -0.133. The number of ether oxygens (including phenoxy) is 1. The van der Waals surface area contributed by atoms with E-state index in [1.54, 1.807) is 30.1 Å². The average molecular weight is 343 g/mol. The predicted octanol–water partition coefficient (Wildman–Crippen LogP) is 3.03. The van der Waals surface area contributed by atoms with Gasteiger partial charge in [-0.3, -0.25) is 4.79 Å². The van der Waals surface area contributed by atoms with Crippen LogP contribution in [0.3, 0.4) is 0 Å². The van der Waals surface area contributed by atoms with Gasteiger partial charge in [-0.15, -0.1) is 16.9 Å².